The number of para-hydroxylation sites is 2. The van der Waals surface area contributed by atoms with Gasteiger partial charge < -0.3 is 24.9 Å². The molecule has 0 spiro atoms. The third-order valence-corrected chi connectivity index (χ3v) is 7.72. The van der Waals surface area contributed by atoms with Gasteiger partial charge in [-0.15, -0.1) is 0 Å². The predicted molar refractivity (Wildman–Crippen MR) is 153 cm³/mol. The first-order chi connectivity index (χ1) is 19.5. The molecule has 1 unspecified atom stereocenters. The molecule has 0 bridgehead atoms. The number of amides is 1. The molecule has 1 aliphatic rings. The number of fused-ring (bicyclic) bond motifs is 2. The third-order valence-electron chi connectivity index (χ3n) is 7.72. The smallest absolute Gasteiger partial charge is 0.240 e. The molecule has 5 aromatic rings. The zero-order valence-corrected chi connectivity index (χ0v) is 22.3. The number of aliphatic hydroxyl groups is 2. The number of carbonyl (C=O) groups excluding carboxylic acids is 1. The van der Waals surface area contributed by atoms with E-state index in [0.29, 0.717) is 19.5 Å². The number of furan rings is 1. The lowest BCUT2D eigenvalue weighted by Gasteiger charge is -2.24. The first-order valence-electron chi connectivity index (χ1n) is 13.6. The molecule has 3 aromatic carbocycles. The number of nitrogens with zero attached hydrogens (tertiary/aromatic N) is 1. The highest BCUT2D eigenvalue weighted by atomic mass is 16.7. The molecular weight excluding hydrogens is 506 g/mol. The van der Waals surface area contributed by atoms with Crippen molar-refractivity contribution in [3.63, 3.8) is 0 Å². The SMILES string of the molecule is C[C@@H](O)C1ON(Cc2ccc(-c3cc4ccccc4o3)cc2)[C@@H](C(=O)NCCc2c[nH]c3ccccc23)[C@H]1CO. The molecule has 4 atom stereocenters. The van der Waals surface area contributed by atoms with Crippen molar-refractivity contribution in [3.05, 3.63) is 96.2 Å². The number of H-pyrrole nitrogens is 1. The minimum absolute atomic E-state index is 0.235. The number of hydrogen-bond donors (Lipinski definition) is 4. The van der Waals surface area contributed by atoms with Crippen molar-refractivity contribution >= 4 is 27.8 Å². The van der Waals surface area contributed by atoms with Crippen LogP contribution in [0.25, 0.3) is 33.2 Å². The Labute approximate surface area is 232 Å². The Hall–Kier alpha value is -3.95. The Morgan fingerprint density at radius 1 is 1.07 bits per heavy atom. The second-order valence-corrected chi connectivity index (χ2v) is 10.4. The van der Waals surface area contributed by atoms with Gasteiger partial charge in [0, 0.05) is 40.5 Å². The van der Waals surface area contributed by atoms with E-state index in [1.807, 2.05) is 79.0 Å². The summed E-state index contributed by atoms with van der Waals surface area (Å²) in [7, 11) is 0. The van der Waals surface area contributed by atoms with E-state index < -0.39 is 24.2 Å². The van der Waals surface area contributed by atoms with E-state index in [9.17, 15) is 15.0 Å². The van der Waals surface area contributed by atoms with Crippen LogP contribution in [-0.2, 0) is 22.6 Å². The van der Waals surface area contributed by atoms with Crippen LogP contribution in [0.5, 0.6) is 0 Å². The number of hydroxylamine groups is 2. The van der Waals surface area contributed by atoms with Crippen LogP contribution in [-0.4, -0.2) is 57.6 Å². The maximum absolute atomic E-state index is 13.5. The van der Waals surface area contributed by atoms with Crippen LogP contribution in [0.2, 0.25) is 0 Å². The molecule has 1 aliphatic heterocycles. The van der Waals surface area contributed by atoms with Crippen LogP contribution in [0.1, 0.15) is 18.1 Å². The summed E-state index contributed by atoms with van der Waals surface area (Å²) < 4.78 is 5.99. The first kappa shape index (κ1) is 26.3. The topological polar surface area (TPSA) is 111 Å². The van der Waals surface area contributed by atoms with Crippen LogP contribution < -0.4 is 5.32 Å². The number of aromatic nitrogens is 1. The van der Waals surface area contributed by atoms with Gasteiger partial charge in [0.05, 0.1) is 19.3 Å². The molecule has 0 radical (unpaired) electrons. The summed E-state index contributed by atoms with van der Waals surface area (Å²) in [6, 6.07) is 25.1. The maximum Gasteiger partial charge on any atom is 0.240 e. The molecule has 40 heavy (non-hydrogen) atoms. The molecule has 1 amide bonds. The number of nitrogens with one attached hydrogen (secondary N) is 2. The van der Waals surface area contributed by atoms with Crippen molar-refractivity contribution in [3.8, 4) is 11.3 Å². The summed E-state index contributed by atoms with van der Waals surface area (Å²) in [6.45, 7) is 2.10. The fourth-order valence-electron chi connectivity index (χ4n) is 5.65. The average molecular weight is 540 g/mol. The van der Waals surface area contributed by atoms with Gasteiger partial charge in [0.1, 0.15) is 23.5 Å². The second-order valence-electron chi connectivity index (χ2n) is 10.4. The molecule has 0 saturated carbocycles. The Morgan fingerprint density at radius 2 is 1.85 bits per heavy atom. The summed E-state index contributed by atoms with van der Waals surface area (Å²) in [5.74, 6) is -0.0176. The van der Waals surface area contributed by atoms with E-state index in [1.165, 1.54) is 0 Å². The summed E-state index contributed by atoms with van der Waals surface area (Å²) in [6.07, 6.45) is 1.09. The summed E-state index contributed by atoms with van der Waals surface area (Å²) in [5.41, 5.74) is 4.90. The van der Waals surface area contributed by atoms with Crippen LogP contribution >= 0.6 is 0 Å². The van der Waals surface area contributed by atoms with E-state index in [4.69, 9.17) is 9.25 Å². The van der Waals surface area contributed by atoms with E-state index in [-0.39, 0.29) is 12.5 Å². The Kier molecular flexibility index (Phi) is 7.40. The van der Waals surface area contributed by atoms with Crippen molar-refractivity contribution in [1.29, 1.82) is 0 Å². The summed E-state index contributed by atoms with van der Waals surface area (Å²) in [4.78, 5) is 22.8. The number of benzene rings is 3. The van der Waals surface area contributed by atoms with E-state index >= 15 is 0 Å². The van der Waals surface area contributed by atoms with Crippen molar-refractivity contribution < 1.29 is 24.3 Å². The van der Waals surface area contributed by atoms with Crippen molar-refractivity contribution in [2.24, 2.45) is 5.92 Å². The number of aliphatic hydroxyl groups excluding tert-OH is 2. The molecule has 6 rings (SSSR count). The van der Waals surface area contributed by atoms with Crippen LogP contribution in [0, 0.1) is 5.92 Å². The average Bonchev–Trinajstić information content (AvgIpc) is 3.68. The Balaban J connectivity index is 1.16. The molecular formula is C32H33N3O5. The molecule has 0 aliphatic carbocycles. The van der Waals surface area contributed by atoms with Crippen molar-refractivity contribution in [2.45, 2.75) is 38.1 Å². The Morgan fingerprint density at radius 3 is 2.62 bits per heavy atom. The molecule has 2 aromatic heterocycles. The Bertz CT molecular complexity index is 1570. The highest BCUT2D eigenvalue weighted by Gasteiger charge is 2.48. The normalized spacial score (nSPS) is 20.3. The van der Waals surface area contributed by atoms with Crippen LogP contribution in [0.15, 0.2) is 89.5 Å². The van der Waals surface area contributed by atoms with Gasteiger partial charge in [0.2, 0.25) is 5.91 Å². The van der Waals surface area contributed by atoms with E-state index in [1.54, 1.807) is 12.0 Å². The molecule has 1 saturated heterocycles. The molecule has 3 heterocycles. The van der Waals surface area contributed by atoms with Crippen LogP contribution in [0.4, 0.5) is 0 Å². The van der Waals surface area contributed by atoms with Gasteiger partial charge in [0.25, 0.3) is 0 Å². The highest BCUT2D eigenvalue weighted by Crippen LogP contribution is 2.33. The molecule has 1 fully saturated rings. The van der Waals surface area contributed by atoms with E-state index in [0.717, 1.165) is 44.3 Å². The van der Waals surface area contributed by atoms with Gasteiger partial charge in [-0.25, -0.2) is 0 Å². The van der Waals surface area contributed by atoms with Gasteiger partial charge >= 0.3 is 0 Å². The lowest BCUT2D eigenvalue weighted by atomic mass is 9.92. The number of rotatable bonds is 9. The monoisotopic (exact) mass is 539 g/mol. The first-order valence-corrected chi connectivity index (χ1v) is 13.6. The minimum atomic E-state index is -0.848. The van der Waals surface area contributed by atoms with Gasteiger partial charge in [-0.1, -0.05) is 60.7 Å². The van der Waals surface area contributed by atoms with Crippen molar-refractivity contribution in [2.75, 3.05) is 13.2 Å². The fourth-order valence-corrected chi connectivity index (χ4v) is 5.65. The van der Waals surface area contributed by atoms with Gasteiger partial charge in [-0.2, -0.15) is 5.06 Å². The van der Waals surface area contributed by atoms with E-state index in [2.05, 4.69) is 16.4 Å². The van der Waals surface area contributed by atoms with Gasteiger partial charge in [-0.05, 0) is 42.7 Å². The standard InChI is InChI=1S/C32H33N3O5/c1-20(37)31-26(19-36)30(32(38)33-15-14-24-17-34-27-8-4-3-7-25(24)27)35(40-31)18-21-10-12-22(13-11-21)29-16-23-6-2-5-9-28(23)39-29/h2-13,16-17,20,26,30-31,34,36-37H,14-15,18-19H2,1H3,(H,33,38)/t20-,26-,30-,31?/m1/s1. The number of aromatic amines is 1. The molecule has 4 N–H and O–H groups in total. The highest BCUT2D eigenvalue weighted by molar-refractivity contribution is 5.84. The van der Waals surface area contributed by atoms with Crippen molar-refractivity contribution in [1.82, 2.24) is 15.4 Å². The molecule has 8 heteroatoms. The maximum atomic E-state index is 13.5. The summed E-state index contributed by atoms with van der Waals surface area (Å²) >= 11 is 0. The van der Waals surface area contributed by atoms with Crippen LogP contribution in [0.3, 0.4) is 0 Å². The number of hydrogen-bond acceptors (Lipinski definition) is 6. The van der Waals surface area contributed by atoms with Gasteiger partial charge in [-0.3, -0.25) is 9.63 Å². The largest absolute Gasteiger partial charge is 0.456 e. The van der Waals surface area contributed by atoms with Gasteiger partial charge in [0.15, 0.2) is 0 Å². The minimum Gasteiger partial charge on any atom is -0.456 e. The quantitative estimate of drug-likeness (QED) is 0.221. The predicted octanol–water partition coefficient (Wildman–Crippen LogP) is 4.41. The molecule has 206 valence electrons. The zero-order valence-electron chi connectivity index (χ0n) is 22.3. The fraction of sp³-hybridized carbons (Fsp3) is 0.281. The zero-order chi connectivity index (χ0) is 27.6. The summed E-state index contributed by atoms with van der Waals surface area (Å²) in [5, 5.41) is 27.4. The lowest BCUT2D eigenvalue weighted by Crippen LogP contribution is -2.48. The second kappa shape index (κ2) is 11.3. The lowest BCUT2D eigenvalue weighted by molar-refractivity contribution is -0.192. The third kappa shape index (κ3) is 5.14. The molecule has 8 nitrogen and oxygen atoms in total. The number of carbonyl (C=O) groups is 1.